The Balaban J connectivity index is 5.29. The molecule has 1 unspecified atom stereocenters. The van der Waals surface area contributed by atoms with Gasteiger partial charge in [0.05, 0.1) is 6.61 Å². The smallest absolute Gasteiger partial charge is 0.307 e. The number of hydrogen-bond acceptors (Lipinski definition) is 6. The molecule has 6 heteroatoms. The van der Waals surface area contributed by atoms with Crippen LogP contribution in [-0.4, -0.2) is 46.1 Å². The molecule has 6 nitrogen and oxygen atoms in total. The van der Waals surface area contributed by atoms with Gasteiger partial charge in [0, 0.05) is 19.3 Å². The van der Waals surface area contributed by atoms with E-state index in [9.17, 15) is 24.6 Å². The van der Waals surface area contributed by atoms with E-state index >= 15 is 0 Å². The molecule has 0 aromatic heterocycles. The molecule has 0 radical (unpaired) electrons. The van der Waals surface area contributed by atoms with Crippen molar-refractivity contribution in [3.63, 3.8) is 0 Å². The Kier molecular flexibility index (Phi) is 22.1. The van der Waals surface area contributed by atoms with Crippen LogP contribution in [0.1, 0.15) is 156 Å². The summed E-state index contributed by atoms with van der Waals surface area (Å²) in [5.74, 6) is -1.80. The van der Waals surface area contributed by atoms with Gasteiger partial charge in [-0.2, -0.15) is 0 Å². The second kappa shape index (κ2) is 22.9. The zero-order valence-corrected chi connectivity index (χ0v) is 23.7. The van der Waals surface area contributed by atoms with Crippen LogP contribution in [0.5, 0.6) is 0 Å². The Morgan fingerprint density at radius 2 is 0.917 bits per heavy atom. The van der Waals surface area contributed by atoms with Crippen molar-refractivity contribution >= 4 is 17.5 Å². The number of ether oxygens (including phenoxy) is 1. The number of esters is 1. The third-order valence-corrected chi connectivity index (χ3v) is 6.99. The molecule has 1 atom stereocenters. The molecule has 0 saturated carbocycles. The van der Waals surface area contributed by atoms with Crippen LogP contribution >= 0.6 is 0 Å². The lowest BCUT2D eigenvalue weighted by molar-refractivity contribution is -0.188. The van der Waals surface area contributed by atoms with Crippen LogP contribution in [0.4, 0.5) is 0 Å². The van der Waals surface area contributed by atoms with Crippen molar-refractivity contribution in [3.8, 4) is 0 Å². The second-order valence-electron chi connectivity index (χ2n) is 10.3. The van der Waals surface area contributed by atoms with Gasteiger partial charge in [0.25, 0.3) is 5.60 Å². The number of hydrogen-bond donors (Lipinski definition) is 2. The summed E-state index contributed by atoms with van der Waals surface area (Å²) in [7, 11) is 0. The van der Waals surface area contributed by atoms with E-state index in [4.69, 9.17) is 4.74 Å². The van der Waals surface area contributed by atoms with Gasteiger partial charge in [-0.3, -0.25) is 14.4 Å². The molecule has 0 aliphatic rings. The van der Waals surface area contributed by atoms with E-state index < -0.39 is 35.8 Å². The monoisotopic (exact) mass is 512 g/mol. The summed E-state index contributed by atoms with van der Waals surface area (Å²) in [5, 5.41) is 20.5. The maximum Gasteiger partial charge on any atom is 0.307 e. The molecule has 0 heterocycles. The lowest BCUT2D eigenvalue weighted by atomic mass is 9.82. The highest BCUT2D eigenvalue weighted by Gasteiger charge is 2.53. The van der Waals surface area contributed by atoms with E-state index in [2.05, 4.69) is 20.8 Å². The quantitative estimate of drug-likeness (QED) is 0.0734. The molecule has 0 bridgehead atoms. The maximum atomic E-state index is 13.4. The van der Waals surface area contributed by atoms with Crippen LogP contribution < -0.4 is 0 Å². The minimum absolute atomic E-state index is 0.0513. The summed E-state index contributed by atoms with van der Waals surface area (Å²) in [5.41, 5.74) is -2.29. The van der Waals surface area contributed by atoms with Gasteiger partial charge in [-0.15, -0.1) is 0 Å². The number of ketones is 2. The van der Waals surface area contributed by atoms with Gasteiger partial charge in [0.1, 0.15) is 6.10 Å². The lowest BCUT2D eigenvalue weighted by Crippen LogP contribution is -2.60. The number of rotatable bonds is 26. The summed E-state index contributed by atoms with van der Waals surface area (Å²) >= 11 is 0. The van der Waals surface area contributed by atoms with Crippen molar-refractivity contribution in [2.24, 2.45) is 0 Å². The van der Waals surface area contributed by atoms with Crippen LogP contribution in [0.15, 0.2) is 0 Å². The average Bonchev–Trinajstić information content (AvgIpc) is 2.87. The first-order chi connectivity index (χ1) is 17.4. The van der Waals surface area contributed by atoms with Gasteiger partial charge in [-0.25, -0.2) is 0 Å². The lowest BCUT2D eigenvalue weighted by Gasteiger charge is -2.34. The Morgan fingerprint density at radius 1 is 0.583 bits per heavy atom. The molecule has 0 aliphatic carbocycles. The summed E-state index contributed by atoms with van der Waals surface area (Å²) < 4.78 is 5.59. The van der Waals surface area contributed by atoms with Crippen molar-refractivity contribution in [2.45, 2.75) is 167 Å². The van der Waals surface area contributed by atoms with E-state index in [-0.39, 0.29) is 19.3 Å². The van der Waals surface area contributed by atoms with Gasteiger partial charge in [-0.05, 0) is 19.3 Å². The van der Waals surface area contributed by atoms with E-state index in [1.54, 1.807) is 0 Å². The molecule has 0 saturated heterocycles. The van der Waals surface area contributed by atoms with Gasteiger partial charge in [0.2, 0.25) is 0 Å². The van der Waals surface area contributed by atoms with Crippen LogP contribution in [0, 0.1) is 0 Å². The fourth-order valence-corrected chi connectivity index (χ4v) is 4.62. The number of unbranched alkanes of at least 4 members (excludes halogenated alkanes) is 15. The Morgan fingerprint density at radius 3 is 1.28 bits per heavy atom. The minimum Gasteiger partial charge on any atom is -0.440 e. The van der Waals surface area contributed by atoms with Gasteiger partial charge < -0.3 is 14.9 Å². The SMILES string of the molecule is CCCCCCCCC(=O)OC(C(=O)CCCCCCCC)(C(=O)CCCCCCCC)C(O)CO. The van der Waals surface area contributed by atoms with Crippen molar-refractivity contribution in [2.75, 3.05) is 6.61 Å². The molecule has 0 aromatic rings. The highest BCUT2D eigenvalue weighted by molar-refractivity contribution is 6.12. The van der Waals surface area contributed by atoms with E-state index in [0.717, 1.165) is 96.3 Å². The standard InChI is InChI=1S/C30H56O6/c1-4-7-10-13-16-19-22-26(32)30(28(34)25-31,27(33)23-20-17-14-11-8-5-2)36-29(35)24-21-18-15-12-9-6-3/h28,31,34H,4-25H2,1-3H3. The first-order valence-corrected chi connectivity index (χ1v) is 15.0. The topological polar surface area (TPSA) is 101 Å². The molecule has 0 spiro atoms. The third-order valence-electron chi connectivity index (χ3n) is 6.99. The molecule has 0 aliphatic heterocycles. The molecule has 36 heavy (non-hydrogen) atoms. The van der Waals surface area contributed by atoms with Crippen molar-refractivity contribution in [1.29, 1.82) is 0 Å². The molecular formula is C30H56O6. The predicted octanol–water partition coefficient (Wildman–Crippen LogP) is 7.01. The minimum atomic E-state index is -2.29. The van der Waals surface area contributed by atoms with E-state index in [0.29, 0.717) is 19.3 Å². The summed E-state index contributed by atoms with van der Waals surface area (Å²) in [4.78, 5) is 39.5. The summed E-state index contributed by atoms with van der Waals surface area (Å²) in [6.45, 7) is 5.62. The normalized spacial score (nSPS) is 12.5. The Bertz CT molecular complexity index is 546. The number of aliphatic hydroxyl groups is 2. The average molecular weight is 513 g/mol. The highest BCUT2D eigenvalue weighted by Crippen LogP contribution is 2.27. The Labute approximate surface area is 221 Å². The fraction of sp³-hybridized carbons (Fsp3) is 0.900. The van der Waals surface area contributed by atoms with Crippen LogP contribution in [0.2, 0.25) is 0 Å². The van der Waals surface area contributed by atoms with Crippen LogP contribution in [-0.2, 0) is 19.1 Å². The van der Waals surface area contributed by atoms with Gasteiger partial charge in [-0.1, -0.05) is 117 Å². The molecule has 0 rings (SSSR count). The third kappa shape index (κ3) is 14.5. The summed E-state index contributed by atoms with van der Waals surface area (Å²) in [6, 6.07) is 0. The number of Topliss-reactive ketones (excluding diaryl/α,β-unsaturated/α-hetero) is 2. The first-order valence-electron chi connectivity index (χ1n) is 15.0. The fourth-order valence-electron chi connectivity index (χ4n) is 4.62. The number of carbonyl (C=O) groups excluding carboxylic acids is 3. The van der Waals surface area contributed by atoms with Gasteiger partial charge >= 0.3 is 5.97 Å². The second-order valence-corrected chi connectivity index (χ2v) is 10.3. The van der Waals surface area contributed by atoms with E-state index in [1.807, 2.05) is 0 Å². The van der Waals surface area contributed by atoms with Crippen molar-refractivity contribution in [3.05, 3.63) is 0 Å². The zero-order valence-electron chi connectivity index (χ0n) is 23.7. The number of carbonyl (C=O) groups is 3. The molecule has 212 valence electrons. The summed E-state index contributed by atoms with van der Waals surface area (Å²) in [6.07, 6.45) is 16.0. The highest BCUT2D eigenvalue weighted by atomic mass is 16.6. The number of aliphatic hydroxyl groups excluding tert-OH is 2. The van der Waals surface area contributed by atoms with Crippen LogP contribution in [0.25, 0.3) is 0 Å². The van der Waals surface area contributed by atoms with Crippen LogP contribution in [0.3, 0.4) is 0 Å². The maximum absolute atomic E-state index is 13.4. The van der Waals surface area contributed by atoms with Crippen molar-refractivity contribution in [1.82, 2.24) is 0 Å². The molecule has 2 N–H and O–H groups in total. The molecule has 0 amide bonds. The molecule has 0 aromatic carbocycles. The molecule has 0 fully saturated rings. The first kappa shape index (κ1) is 34.7. The van der Waals surface area contributed by atoms with Gasteiger partial charge in [0.15, 0.2) is 11.6 Å². The molecular weight excluding hydrogens is 456 g/mol. The largest absolute Gasteiger partial charge is 0.440 e. The Hall–Kier alpha value is -1.27. The zero-order chi connectivity index (χ0) is 27.1. The van der Waals surface area contributed by atoms with Crippen molar-refractivity contribution < 1.29 is 29.3 Å². The predicted molar refractivity (Wildman–Crippen MR) is 146 cm³/mol. The van der Waals surface area contributed by atoms with E-state index in [1.165, 1.54) is 0 Å².